The standard InChI is InChI=1S/C16H14ClFN2O3/c1-3-22-16(21)13-8(2)23-15(20)11(7-19)14(13)10-5-4-9(18)6-12(10)17/h4-6,14H,3,20H2,1-2H3. The van der Waals surface area contributed by atoms with Crippen LogP contribution in [0.4, 0.5) is 4.39 Å². The van der Waals surface area contributed by atoms with Crippen LogP contribution in [0.1, 0.15) is 25.3 Å². The number of nitriles is 1. The summed E-state index contributed by atoms with van der Waals surface area (Å²) in [7, 11) is 0. The Hall–Kier alpha value is -2.52. The molecule has 1 aromatic carbocycles. The van der Waals surface area contributed by atoms with E-state index in [0.717, 1.165) is 6.07 Å². The van der Waals surface area contributed by atoms with Gasteiger partial charge in [0.2, 0.25) is 5.88 Å². The topological polar surface area (TPSA) is 85.3 Å². The third-order valence-electron chi connectivity index (χ3n) is 3.37. The SMILES string of the molecule is CCOC(=O)C1=C(C)OC(N)=C(C#N)C1c1ccc(F)cc1Cl. The van der Waals surface area contributed by atoms with Gasteiger partial charge in [0.1, 0.15) is 23.2 Å². The normalized spacial score (nSPS) is 17.6. The first kappa shape index (κ1) is 16.8. The number of hydrogen-bond acceptors (Lipinski definition) is 5. The summed E-state index contributed by atoms with van der Waals surface area (Å²) in [5, 5.41) is 9.47. The molecular weight excluding hydrogens is 323 g/mol. The molecule has 0 aliphatic carbocycles. The van der Waals surface area contributed by atoms with Crippen LogP contribution < -0.4 is 5.73 Å². The van der Waals surface area contributed by atoms with Crippen LogP contribution in [-0.2, 0) is 14.3 Å². The van der Waals surface area contributed by atoms with Crippen LogP contribution in [0.15, 0.2) is 41.0 Å². The molecule has 0 spiro atoms. The number of esters is 1. The van der Waals surface area contributed by atoms with Gasteiger partial charge in [-0.3, -0.25) is 0 Å². The molecule has 0 bridgehead atoms. The molecule has 1 aromatic rings. The van der Waals surface area contributed by atoms with E-state index in [9.17, 15) is 14.4 Å². The molecular formula is C16H14ClFN2O3. The summed E-state index contributed by atoms with van der Waals surface area (Å²) in [6.45, 7) is 3.35. The fourth-order valence-corrected chi connectivity index (χ4v) is 2.68. The van der Waals surface area contributed by atoms with Gasteiger partial charge in [-0.2, -0.15) is 5.26 Å². The lowest BCUT2D eigenvalue weighted by molar-refractivity contribution is -0.139. The molecule has 1 atom stereocenters. The summed E-state index contributed by atoms with van der Waals surface area (Å²) >= 11 is 6.10. The van der Waals surface area contributed by atoms with Crippen molar-refractivity contribution in [1.29, 1.82) is 5.26 Å². The average Bonchev–Trinajstić information content (AvgIpc) is 2.46. The molecule has 0 aromatic heterocycles. The Bertz CT molecular complexity index is 765. The quantitative estimate of drug-likeness (QED) is 0.857. The molecule has 0 fully saturated rings. The molecule has 2 rings (SSSR count). The second-order valence-corrected chi connectivity index (χ2v) is 5.19. The van der Waals surface area contributed by atoms with Crippen molar-refractivity contribution in [3.63, 3.8) is 0 Å². The van der Waals surface area contributed by atoms with Crippen molar-refractivity contribution in [3.05, 3.63) is 57.4 Å². The van der Waals surface area contributed by atoms with Crippen LogP contribution in [0.25, 0.3) is 0 Å². The molecule has 1 aliphatic rings. The maximum Gasteiger partial charge on any atom is 0.338 e. The minimum Gasteiger partial charge on any atom is -0.463 e. The predicted molar refractivity (Wildman–Crippen MR) is 81.4 cm³/mol. The Balaban J connectivity index is 2.66. The zero-order valence-corrected chi connectivity index (χ0v) is 13.3. The van der Waals surface area contributed by atoms with Gasteiger partial charge in [0, 0.05) is 5.02 Å². The largest absolute Gasteiger partial charge is 0.463 e. The number of carbonyl (C=O) groups is 1. The first-order valence-electron chi connectivity index (χ1n) is 6.81. The third-order valence-corrected chi connectivity index (χ3v) is 3.70. The molecule has 120 valence electrons. The van der Waals surface area contributed by atoms with Crippen LogP contribution in [0, 0.1) is 17.1 Å². The van der Waals surface area contributed by atoms with Crippen LogP contribution in [0.3, 0.4) is 0 Å². The number of hydrogen-bond donors (Lipinski definition) is 1. The number of allylic oxidation sites excluding steroid dienone is 2. The molecule has 5 nitrogen and oxygen atoms in total. The summed E-state index contributed by atoms with van der Waals surface area (Å²) in [4.78, 5) is 12.3. The first-order valence-corrected chi connectivity index (χ1v) is 7.18. The minimum absolute atomic E-state index is 0.0205. The lowest BCUT2D eigenvalue weighted by atomic mass is 9.83. The van der Waals surface area contributed by atoms with E-state index >= 15 is 0 Å². The maximum atomic E-state index is 13.3. The molecule has 1 heterocycles. The number of ether oxygens (including phenoxy) is 2. The second-order valence-electron chi connectivity index (χ2n) is 4.78. The molecule has 1 unspecified atom stereocenters. The number of carbonyl (C=O) groups excluding carboxylic acids is 1. The Morgan fingerprint density at radius 1 is 1.57 bits per heavy atom. The smallest absolute Gasteiger partial charge is 0.338 e. The van der Waals surface area contributed by atoms with E-state index in [4.69, 9.17) is 26.8 Å². The highest BCUT2D eigenvalue weighted by molar-refractivity contribution is 6.31. The summed E-state index contributed by atoms with van der Waals surface area (Å²) in [6.07, 6.45) is 0. The Morgan fingerprint density at radius 3 is 2.83 bits per heavy atom. The van der Waals surface area contributed by atoms with Crippen molar-refractivity contribution in [3.8, 4) is 6.07 Å². The molecule has 0 radical (unpaired) electrons. The van der Waals surface area contributed by atoms with E-state index in [1.54, 1.807) is 6.92 Å². The highest BCUT2D eigenvalue weighted by Crippen LogP contribution is 2.42. The van der Waals surface area contributed by atoms with E-state index in [1.807, 2.05) is 6.07 Å². The number of rotatable bonds is 3. The van der Waals surface area contributed by atoms with Crippen LogP contribution >= 0.6 is 11.6 Å². The van der Waals surface area contributed by atoms with Gasteiger partial charge in [-0.25, -0.2) is 9.18 Å². The Morgan fingerprint density at radius 2 is 2.26 bits per heavy atom. The van der Waals surface area contributed by atoms with Gasteiger partial charge in [0.15, 0.2) is 0 Å². The number of nitrogens with zero attached hydrogens (tertiary/aromatic N) is 1. The van der Waals surface area contributed by atoms with Crippen molar-refractivity contribution in [2.75, 3.05) is 6.61 Å². The second kappa shape index (κ2) is 6.71. The third kappa shape index (κ3) is 3.15. The van der Waals surface area contributed by atoms with Gasteiger partial charge in [0.25, 0.3) is 0 Å². The van der Waals surface area contributed by atoms with Crippen molar-refractivity contribution >= 4 is 17.6 Å². The van der Waals surface area contributed by atoms with Crippen molar-refractivity contribution in [2.24, 2.45) is 5.73 Å². The zero-order chi connectivity index (χ0) is 17.1. The molecule has 1 aliphatic heterocycles. The minimum atomic E-state index is -0.874. The molecule has 0 saturated heterocycles. The first-order chi connectivity index (χ1) is 10.9. The van der Waals surface area contributed by atoms with Gasteiger partial charge in [-0.15, -0.1) is 0 Å². The van der Waals surface area contributed by atoms with E-state index in [-0.39, 0.29) is 34.4 Å². The van der Waals surface area contributed by atoms with Crippen molar-refractivity contribution in [2.45, 2.75) is 19.8 Å². The van der Waals surface area contributed by atoms with E-state index in [1.165, 1.54) is 19.1 Å². The summed E-state index contributed by atoms with van der Waals surface area (Å²) < 4.78 is 23.6. The lowest BCUT2D eigenvalue weighted by Gasteiger charge is -2.27. The van der Waals surface area contributed by atoms with E-state index in [0.29, 0.717) is 5.56 Å². The summed E-state index contributed by atoms with van der Waals surface area (Å²) in [6, 6.07) is 5.64. The van der Waals surface area contributed by atoms with Gasteiger partial charge < -0.3 is 15.2 Å². The number of nitrogens with two attached hydrogens (primary N) is 1. The van der Waals surface area contributed by atoms with Crippen LogP contribution in [0.2, 0.25) is 5.02 Å². The van der Waals surface area contributed by atoms with Crippen molar-refractivity contribution in [1.82, 2.24) is 0 Å². The van der Waals surface area contributed by atoms with Gasteiger partial charge in [-0.05, 0) is 31.5 Å². The van der Waals surface area contributed by atoms with Gasteiger partial charge in [-0.1, -0.05) is 17.7 Å². The highest BCUT2D eigenvalue weighted by Gasteiger charge is 2.37. The monoisotopic (exact) mass is 336 g/mol. The van der Waals surface area contributed by atoms with Crippen LogP contribution in [0.5, 0.6) is 0 Å². The van der Waals surface area contributed by atoms with Gasteiger partial charge in [0.05, 0.1) is 18.1 Å². The Kier molecular flexibility index (Phi) is 4.92. The predicted octanol–water partition coefficient (Wildman–Crippen LogP) is 3.12. The highest BCUT2D eigenvalue weighted by atomic mass is 35.5. The lowest BCUT2D eigenvalue weighted by Crippen LogP contribution is -2.25. The van der Waals surface area contributed by atoms with Crippen LogP contribution in [-0.4, -0.2) is 12.6 Å². The zero-order valence-electron chi connectivity index (χ0n) is 12.5. The molecule has 0 amide bonds. The van der Waals surface area contributed by atoms with E-state index in [2.05, 4.69) is 0 Å². The Labute approximate surface area is 137 Å². The maximum absolute atomic E-state index is 13.3. The average molecular weight is 337 g/mol. The van der Waals surface area contributed by atoms with Gasteiger partial charge >= 0.3 is 5.97 Å². The van der Waals surface area contributed by atoms with Crippen molar-refractivity contribution < 1.29 is 18.7 Å². The molecule has 2 N–H and O–H groups in total. The number of benzene rings is 1. The molecule has 0 saturated carbocycles. The molecule has 23 heavy (non-hydrogen) atoms. The summed E-state index contributed by atoms with van der Waals surface area (Å²) in [5.74, 6) is -1.95. The summed E-state index contributed by atoms with van der Waals surface area (Å²) in [5.41, 5.74) is 6.27. The van der Waals surface area contributed by atoms with E-state index < -0.39 is 17.7 Å². The fourth-order valence-electron chi connectivity index (χ4n) is 2.40. The fraction of sp³-hybridized carbons (Fsp3) is 0.250. The molecule has 7 heteroatoms. The number of halogens is 2.